The summed E-state index contributed by atoms with van der Waals surface area (Å²) >= 11 is 9.20. The largest absolute Gasteiger partial charge is 0.325 e. The second-order valence-electron chi connectivity index (χ2n) is 4.82. The van der Waals surface area contributed by atoms with Crippen molar-refractivity contribution in [1.82, 2.24) is 10.9 Å². The summed E-state index contributed by atoms with van der Waals surface area (Å²) in [6.45, 7) is 1.81. The SMILES string of the molecule is Cc1ccc(Cl)cc1NC(=O)CNNC(=O)c1ccc(Br)cc1. The second kappa shape index (κ2) is 8.10. The van der Waals surface area contributed by atoms with Crippen LogP contribution in [0.3, 0.4) is 0 Å². The van der Waals surface area contributed by atoms with Crippen LogP contribution in [-0.4, -0.2) is 18.4 Å². The molecule has 0 radical (unpaired) electrons. The van der Waals surface area contributed by atoms with Crippen molar-refractivity contribution in [3.05, 3.63) is 63.1 Å². The molecule has 120 valence electrons. The summed E-state index contributed by atoms with van der Waals surface area (Å²) in [5.74, 6) is -0.601. The molecule has 7 heteroatoms. The molecule has 0 spiro atoms. The summed E-state index contributed by atoms with van der Waals surface area (Å²) in [5.41, 5.74) is 7.10. The van der Waals surface area contributed by atoms with E-state index in [4.69, 9.17) is 11.6 Å². The number of hydrazine groups is 1. The summed E-state index contributed by atoms with van der Waals surface area (Å²) in [7, 11) is 0. The van der Waals surface area contributed by atoms with Crippen LogP contribution in [0.1, 0.15) is 15.9 Å². The van der Waals surface area contributed by atoms with E-state index in [0.717, 1.165) is 10.0 Å². The van der Waals surface area contributed by atoms with Gasteiger partial charge in [0.2, 0.25) is 5.91 Å². The Bertz CT molecular complexity index is 720. The average Bonchev–Trinajstić information content (AvgIpc) is 2.51. The van der Waals surface area contributed by atoms with Gasteiger partial charge in [0.05, 0.1) is 6.54 Å². The number of hydrogen-bond donors (Lipinski definition) is 3. The van der Waals surface area contributed by atoms with E-state index in [1.807, 2.05) is 13.0 Å². The quantitative estimate of drug-likeness (QED) is 0.679. The van der Waals surface area contributed by atoms with Crippen molar-refractivity contribution in [2.75, 3.05) is 11.9 Å². The maximum atomic E-state index is 11.9. The van der Waals surface area contributed by atoms with Crippen LogP contribution in [0.2, 0.25) is 5.02 Å². The Labute approximate surface area is 147 Å². The third-order valence-electron chi connectivity index (χ3n) is 3.03. The molecule has 2 rings (SSSR count). The molecule has 0 fully saturated rings. The van der Waals surface area contributed by atoms with Crippen molar-refractivity contribution in [3.63, 3.8) is 0 Å². The maximum absolute atomic E-state index is 11.9. The minimum atomic E-state index is -0.316. The number of halogens is 2. The first kappa shape index (κ1) is 17.5. The fraction of sp³-hybridized carbons (Fsp3) is 0.125. The molecular weight excluding hydrogens is 382 g/mol. The Morgan fingerprint density at radius 2 is 1.83 bits per heavy atom. The highest BCUT2D eigenvalue weighted by Gasteiger charge is 2.07. The highest BCUT2D eigenvalue weighted by molar-refractivity contribution is 9.10. The van der Waals surface area contributed by atoms with E-state index in [1.165, 1.54) is 0 Å². The lowest BCUT2D eigenvalue weighted by molar-refractivity contribution is -0.115. The van der Waals surface area contributed by atoms with E-state index in [-0.39, 0.29) is 18.4 Å². The lowest BCUT2D eigenvalue weighted by atomic mass is 10.2. The molecule has 2 aromatic rings. The molecule has 0 saturated heterocycles. The number of nitrogens with one attached hydrogen (secondary N) is 3. The van der Waals surface area contributed by atoms with Crippen LogP contribution in [0.4, 0.5) is 5.69 Å². The monoisotopic (exact) mass is 395 g/mol. The summed E-state index contributed by atoms with van der Waals surface area (Å²) in [4.78, 5) is 23.7. The van der Waals surface area contributed by atoms with Gasteiger partial charge in [0.25, 0.3) is 5.91 Å². The van der Waals surface area contributed by atoms with Crippen molar-refractivity contribution >= 4 is 45.0 Å². The highest BCUT2D eigenvalue weighted by atomic mass is 79.9. The van der Waals surface area contributed by atoms with Crippen molar-refractivity contribution in [3.8, 4) is 0 Å². The number of hydrogen-bond acceptors (Lipinski definition) is 3. The highest BCUT2D eigenvalue weighted by Crippen LogP contribution is 2.19. The Morgan fingerprint density at radius 3 is 2.52 bits per heavy atom. The lowest BCUT2D eigenvalue weighted by Gasteiger charge is -2.10. The first-order valence-electron chi connectivity index (χ1n) is 6.80. The van der Waals surface area contributed by atoms with Crippen LogP contribution in [0.25, 0.3) is 0 Å². The fourth-order valence-corrected chi connectivity index (χ4v) is 2.24. The minimum Gasteiger partial charge on any atom is -0.325 e. The van der Waals surface area contributed by atoms with Crippen molar-refractivity contribution < 1.29 is 9.59 Å². The molecule has 2 aromatic carbocycles. The van der Waals surface area contributed by atoms with E-state index in [2.05, 4.69) is 32.1 Å². The van der Waals surface area contributed by atoms with Gasteiger partial charge in [-0.2, -0.15) is 0 Å². The number of anilines is 1. The van der Waals surface area contributed by atoms with Gasteiger partial charge >= 0.3 is 0 Å². The number of rotatable bonds is 5. The van der Waals surface area contributed by atoms with Gasteiger partial charge in [-0.25, -0.2) is 5.43 Å². The minimum absolute atomic E-state index is 0.0613. The topological polar surface area (TPSA) is 70.2 Å². The Balaban J connectivity index is 1.81. The van der Waals surface area contributed by atoms with Gasteiger partial charge in [-0.15, -0.1) is 0 Å². The molecule has 3 N–H and O–H groups in total. The predicted octanol–water partition coefficient (Wildman–Crippen LogP) is 3.28. The zero-order chi connectivity index (χ0) is 16.8. The van der Waals surface area contributed by atoms with Crippen LogP contribution >= 0.6 is 27.5 Å². The number of amides is 2. The summed E-state index contributed by atoms with van der Waals surface area (Å²) in [6, 6.07) is 12.1. The molecule has 0 unspecified atom stereocenters. The Hall–Kier alpha value is -1.89. The third-order valence-corrected chi connectivity index (χ3v) is 3.79. The van der Waals surface area contributed by atoms with E-state index in [1.54, 1.807) is 36.4 Å². The van der Waals surface area contributed by atoms with Crippen LogP contribution in [0, 0.1) is 6.92 Å². The van der Waals surface area contributed by atoms with Crippen LogP contribution in [-0.2, 0) is 4.79 Å². The summed E-state index contributed by atoms with van der Waals surface area (Å²) in [6.07, 6.45) is 0. The van der Waals surface area contributed by atoms with Crippen LogP contribution < -0.4 is 16.2 Å². The zero-order valence-corrected chi connectivity index (χ0v) is 14.7. The molecule has 0 aliphatic heterocycles. The maximum Gasteiger partial charge on any atom is 0.265 e. The first-order chi connectivity index (χ1) is 11.0. The van der Waals surface area contributed by atoms with Gasteiger partial charge in [-0.05, 0) is 48.9 Å². The Morgan fingerprint density at radius 1 is 1.13 bits per heavy atom. The van der Waals surface area contributed by atoms with Crippen LogP contribution in [0.5, 0.6) is 0 Å². The molecule has 0 aliphatic rings. The van der Waals surface area contributed by atoms with Crippen LogP contribution in [0.15, 0.2) is 46.9 Å². The number of aryl methyl sites for hydroxylation is 1. The smallest absolute Gasteiger partial charge is 0.265 e. The average molecular weight is 397 g/mol. The molecule has 2 amide bonds. The van der Waals surface area contributed by atoms with Crippen molar-refractivity contribution in [2.45, 2.75) is 6.92 Å². The normalized spacial score (nSPS) is 10.2. The van der Waals surface area contributed by atoms with E-state index in [9.17, 15) is 9.59 Å². The molecule has 0 bridgehead atoms. The van der Waals surface area contributed by atoms with Gasteiger partial charge in [-0.3, -0.25) is 15.0 Å². The lowest BCUT2D eigenvalue weighted by Crippen LogP contribution is -2.42. The molecule has 0 atom stereocenters. The fourth-order valence-electron chi connectivity index (χ4n) is 1.80. The summed E-state index contributed by atoms with van der Waals surface area (Å²) in [5, 5.41) is 3.27. The van der Waals surface area contributed by atoms with E-state index in [0.29, 0.717) is 16.3 Å². The molecular formula is C16H15BrClN3O2. The van der Waals surface area contributed by atoms with E-state index < -0.39 is 0 Å². The number of carbonyl (C=O) groups excluding carboxylic acids is 2. The van der Waals surface area contributed by atoms with E-state index >= 15 is 0 Å². The first-order valence-corrected chi connectivity index (χ1v) is 7.97. The molecule has 23 heavy (non-hydrogen) atoms. The molecule has 0 saturated carbocycles. The standard InChI is InChI=1S/C16H15BrClN3O2/c1-10-2-7-13(18)8-14(10)20-15(22)9-19-21-16(23)11-3-5-12(17)6-4-11/h2-8,19H,9H2,1H3,(H,20,22)(H,21,23). The number of carbonyl (C=O) groups is 2. The van der Waals surface area contributed by atoms with Gasteiger partial charge < -0.3 is 5.32 Å². The second-order valence-corrected chi connectivity index (χ2v) is 6.17. The number of benzene rings is 2. The van der Waals surface area contributed by atoms with Gasteiger partial charge in [-0.1, -0.05) is 33.6 Å². The molecule has 0 heterocycles. The molecule has 0 aliphatic carbocycles. The van der Waals surface area contributed by atoms with Gasteiger partial charge in [0.15, 0.2) is 0 Å². The summed E-state index contributed by atoms with van der Waals surface area (Å²) < 4.78 is 0.887. The van der Waals surface area contributed by atoms with Gasteiger partial charge in [0.1, 0.15) is 0 Å². The molecule has 0 aromatic heterocycles. The third kappa shape index (κ3) is 5.35. The van der Waals surface area contributed by atoms with Crippen molar-refractivity contribution in [2.24, 2.45) is 0 Å². The Kier molecular flexibility index (Phi) is 6.15. The van der Waals surface area contributed by atoms with Crippen molar-refractivity contribution in [1.29, 1.82) is 0 Å². The predicted molar refractivity (Wildman–Crippen MR) is 94.4 cm³/mol. The zero-order valence-electron chi connectivity index (χ0n) is 12.3. The van der Waals surface area contributed by atoms with Gasteiger partial charge in [0, 0.05) is 20.7 Å². The molecule has 5 nitrogen and oxygen atoms in total.